The van der Waals surface area contributed by atoms with Crippen molar-refractivity contribution in [1.29, 1.82) is 0 Å². The van der Waals surface area contributed by atoms with Crippen molar-refractivity contribution < 1.29 is 0 Å². The van der Waals surface area contributed by atoms with Crippen molar-refractivity contribution in [2.45, 2.75) is 74.1 Å². The van der Waals surface area contributed by atoms with E-state index in [2.05, 4.69) is 48.5 Å². The fourth-order valence-electron chi connectivity index (χ4n) is 2.65. The first-order valence-corrected chi connectivity index (χ1v) is 6.82. The Kier molecular flexibility index (Phi) is 6.55. The summed E-state index contributed by atoms with van der Waals surface area (Å²) in [6.07, 6.45) is 5.40. The van der Waals surface area contributed by atoms with Gasteiger partial charge in [-0.15, -0.1) is 0 Å². The molecule has 0 heteroatoms. The molecule has 0 N–H and O–H groups in total. The highest BCUT2D eigenvalue weighted by Gasteiger charge is 2.24. The van der Waals surface area contributed by atoms with Crippen molar-refractivity contribution in [3.63, 3.8) is 0 Å². The smallest absolute Gasteiger partial charge is 0.0349 e. The van der Waals surface area contributed by atoms with E-state index in [4.69, 9.17) is 0 Å². The summed E-state index contributed by atoms with van der Waals surface area (Å²) in [4.78, 5) is 0. The molecule has 0 saturated carbocycles. The first kappa shape index (κ1) is 15.0. The summed E-state index contributed by atoms with van der Waals surface area (Å²) in [5.41, 5.74) is 0.526. The fourth-order valence-corrected chi connectivity index (χ4v) is 2.65. The average molecular weight is 212 g/mol. The predicted molar refractivity (Wildman–Crippen MR) is 71.1 cm³/mol. The van der Waals surface area contributed by atoms with Crippen molar-refractivity contribution in [2.24, 2.45) is 23.2 Å². The van der Waals surface area contributed by atoms with Gasteiger partial charge in [-0.2, -0.15) is 0 Å². The highest BCUT2D eigenvalue weighted by molar-refractivity contribution is 4.75. The molecule has 0 rings (SSSR count). The normalized spacial score (nSPS) is 18.6. The molecule has 0 amide bonds. The van der Waals surface area contributed by atoms with Crippen LogP contribution in [-0.4, -0.2) is 0 Å². The highest BCUT2D eigenvalue weighted by atomic mass is 14.3. The van der Waals surface area contributed by atoms with Crippen LogP contribution >= 0.6 is 0 Å². The second-order valence-electron chi connectivity index (χ2n) is 6.45. The minimum Gasteiger partial charge on any atom is -0.0651 e. The molecule has 0 radical (unpaired) electrons. The van der Waals surface area contributed by atoms with E-state index in [9.17, 15) is 0 Å². The number of rotatable bonds is 7. The molecule has 0 saturated heterocycles. The minimum absolute atomic E-state index is 0.526. The molecule has 92 valence electrons. The molecule has 3 atom stereocenters. The molecule has 0 aliphatic heterocycles. The van der Waals surface area contributed by atoms with Gasteiger partial charge in [-0.3, -0.25) is 0 Å². The molecule has 3 unspecified atom stereocenters. The van der Waals surface area contributed by atoms with Crippen LogP contribution in [0.25, 0.3) is 0 Å². The first-order valence-electron chi connectivity index (χ1n) is 6.82. The van der Waals surface area contributed by atoms with Gasteiger partial charge < -0.3 is 0 Å². The van der Waals surface area contributed by atoms with Gasteiger partial charge in [-0.1, -0.05) is 61.3 Å². The lowest BCUT2D eigenvalue weighted by atomic mass is 9.73. The largest absolute Gasteiger partial charge is 0.0651 e. The summed E-state index contributed by atoms with van der Waals surface area (Å²) in [5.74, 6) is 2.62. The Morgan fingerprint density at radius 1 is 0.800 bits per heavy atom. The van der Waals surface area contributed by atoms with Crippen LogP contribution in [0.15, 0.2) is 0 Å². The first-order chi connectivity index (χ1) is 6.82. The second kappa shape index (κ2) is 6.55. The van der Waals surface area contributed by atoms with Crippen LogP contribution in [0.1, 0.15) is 74.1 Å². The molecule has 0 heterocycles. The van der Waals surface area contributed by atoms with Crippen LogP contribution in [-0.2, 0) is 0 Å². The van der Waals surface area contributed by atoms with Crippen LogP contribution in [0.4, 0.5) is 0 Å². The van der Waals surface area contributed by atoms with Gasteiger partial charge in [0, 0.05) is 0 Å². The van der Waals surface area contributed by atoms with E-state index in [0.29, 0.717) is 5.41 Å². The van der Waals surface area contributed by atoms with Gasteiger partial charge in [0.1, 0.15) is 0 Å². The average Bonchev–Trinajstić information content (AvgIpc) is 2.14. The summed E-state index contributed by atoms with van der Waals surface area (Å²) in [6.45, 7) is 16.7. The Morgan fingerprint density at radius 3 is 1.73 bits per heavy atom. The van der Waals surface area contributed by atoms with Gasteiger partial charge in [0.2, 0.25) is 0 Å². The van der Waals surface area contributed by atoms with Crippen molar-refractivity contribution in [3.05, 3.63) is 0 Å². The quantitative estimate of drug-likeness (QED) is 0.521. The van der Waals surface area contributed by atoms with E-state index in [1.54, 1.807) is 0 Å². The van der Waals surface area contributed by atoms with E-state index >= 15 is 0 Å². The van der Waals surface area contributed by atoms with Gasteiger partial charge in [-0.25, -0.2) is 0 Å². The molecule has 0 aliphatic rings. The molecule has 0 aromatic heterocycles. The maximum atomic E-state index is 2.44. The number of hydrogen-bond donors (Lipinski definition) is 0. The van der Waals surface area contributed by atoms with E-state index in [1.165, 1.54) is 25.7 Å². The molecule has 15 heavy (non-hydrogen) atoms. The third-order valence-electron chi connectivity index (χ3n) is 4.09. The molecule has 0 fully saturated rings. The summed E-state index contributed by atoms with van der Waals surface area (Å²) in [7, 11) is 0. The monoisotopic (exact) mass is 212 g/mol. The van der Waals surface area contributed by atoms with E-state index in [-0.39, 0.29) is 0 Å². The van der Waals surface area contributed by atoms with Crippen LogP contribution in [0.5, 0.6) is 0 Å². The van der Waals surface area contributed by atoms with Crippen LogP contribution in [0.3, 0.4) is 0 Å². The standard InChI is InChI=1S/C15H32/c1-8-12(3)10-15(6,7)11-14(5)13(4)9-2/h12-14H,8-11H2,1-7H3. The van der Waals surface area contributed by atoms with Crippen molar-refractivity contribution in [2.75, 3.05) is 0 Å². The topological polar surface area (TPSA) is 0 Å². The summed E-state index contributed by atoms with van der Waals surface area (Å²) in [5, 5.41) is 0. The molecule has 0 aromatic carbocycles. The van der Waals surface area contributed by atoms with Crippen LogP contribution in [0.2, 0.25) is 0 Å². The van der Waals surface area contributed by atoms with Crippen molar-refractivity contribution >= 4 is 0 Å². The Hall–Kier alpha value is 0. The molecule has 0 aromatic rings. The molecule has 0 spiro atoms. The van der Waals surface area contributed by atoms with Gasteiger partial charge in [0.25, 0.3) is 0 Å². The maximum Gasteiger partial charge on any atom is -0.0349 e. The third kappa shape index (κ3) is 6.22. The maximum absolute atomic E-state index is 2.44. The van der Waals surface area contributed by atoms with Gasteiger partial charge in [-0.05, 0) is 36.0 Å². The van der Waals surface area contributed by atoms with E-state index in [0.717, 1.165) is 17.8 Å². The Balaban J connectivity index is 4.12. The Morgan fingerprint density at radius 2 is 1.33 bits per heavy atom. The summed E-state index contributed by atoms with van der Waals surface area (Å²) >= 11 is 0. The lowest BCUT2D eigenvalue weighted by Gasteiger charge is -2.32. The minimum atomic E-state index is 0.526. The molecule has 0 aliphatic carbocycles. The number of hydrogen-bond acceptors (Lipinski definition) is 0. The fraction of sp³-hybridized carbons (Fsp3) is 1.00. The zero-order valence-corrected chi connectivity index (χ0v) is 12.1. The van der Waals surface area contributed by atoms with Crippen molar-refractivity contribution in [3.8, 4) is 0 Å². The molecule has 0 nitrogen and oxygen atoms in total. The SMILES string of the molecule is CCC(C)CC(C)(C)CC(C)C(C)CC. The summed E-state index contributed by atoms with van der Waals surface area (Å²) in [6, 6.07) is 0. The molecule has 0 bridgehead atoms. The zero-order valence-electron chi connectivity index (χ0n) is 12.1. The van der Waals surface area contributed by atoms with Gasteiger partial charge in [0.15, 0.2) is 0 Å². The van der Waals surface area contributed by atoms with Crippen LogP contribution in [0, 0.1) is 23.2 Å². The lowest BCUT2D eigenvalue weighted by molar-refractivity contribution is 0.186. The third-order valence-corrected chi connectivity index (χ3v) is 4.09. The second-order valence-corrected chi connectivity index (χ2v) is 6.45. The molecular weight excluding hydrogens is 180 g/mol. The van der Waals surface area contributed by atoms with Crippen molar-refractivity contribution in [1.82, 2.24) is 0 Å². The summed E-state index contributed by atoms with van der Waals surface area (Å²) < 4.78 is 0. The zero-order chi connectivity index (χ0) is 12.1. The molecular formula is C15H32. The van der Waals surface area contributed by atoms with E-state index in [1.807, 2.05) is 0 Å². The lowest BCUT2D eigenvalue weighted by Crippen LogP contribution is -2.21. The van der Waals surface area contributed by atoms with E-state index < -0.39 is 0 Å². The predicted octanol–water partition coefficient (Wildman–Crippen LogP) is 5.52. The van der Waals surface area contributed by atoms with Crippen LogP contribution < -0.4 is 0 Å². The van der Waals surface area contributed by atoms with Gasteiger partial charge in [0.05, 0.1) is 0 Å². The highest BCUT2D eigenvalue weighted by Crippen LogP contribution is 2.36. The Labute approximate surface area is 97.8 Å². The van der Waals surface area contributed by atoms with Gasteiger partial charge >= 0.3 is 0 Å². The Bertz CT molecular complexity index is 157.